The molecular weight excluding hydrogens is 236 g/mol. The minimum absolute atomic E-state index is 0.238. The Morgan fingerprint density at radius 3 is 2.94 bits per heavy atom. The average molecular weight is 246 g/mol. The Labute approximate surface area is 103 Å². The van der Waals surface area contributed by atoms with Gasteiger partial charge >= 0.3 is 0 Å². The van der Waals surface area contributed by atoms with Crippen molar-refractivity contribution in [2.75, 3.05) is 5.32 Å². The lowest BCUT2D eigenvalue weighted by atomic mass is 10.1. The predicted molar refractivity (Wildman–Crippen MR) is 66.3 cm³/mol. The zero-order chi connectivity index (χ0) is 12.3. The fourth-order valence-corrected chi connectivity index (χ4v) is 1.48. The van der Waals surface area contributed by atoms with Crippen LogP contribution in [0.2, 0.25) is 0 Å². The molecule has 1 aromatic carbocycles. The molecular formula is C11H10N4OS. The summed E-state index contributed by atoms with van der Waals surface area (Å²) in [6, 6.07) is 7.28. The van der Waals surface area contributed by atoms with E-state index < -0.39 is 0 Å². The second kappa shape index (κ2) is 4.84. The zero-order valence-electron chi connectivity index (χ0n) is 9.10. The van der Waals surface area contributed by atoms with E-state index in [1.807, 2.05) is 19.1 Å². The first-order valence-electron chi connectivity index (χ1n) is 4.94. The number of rotatable bonds is 2. The summed E-state index contributed by atoms with van der Waals surface area (Å²) in [7, 11) is 0. The van der Waals surface area contributed by atoms with Crippen molar-refractivity contribution in [3.05, 3.63) is 46.5 Å². The number of hydrogen-bond donors (Lipinski definition) is 2. The molecule has 1 heterocycles. The van der Waals surface area contributed by atoms with Gasteiger partial charge < -0.3 is 4.98 Å². The van der Waals surface area contributed by atoms with Crippen LogP contribution in [0.15, 0.2) is 30.6 Å². The van der Waals surface area contributed by atoms with E-state index in [2.05, 4.69) is 20.3 Å². The number of aryl methyl sites for hydroxylation is 1. The third-order valence-corrected chi connectivity index (χ3v) is 2.31. The Morgan fingerprint density at radius 2 is 2.24 bits per heavy atom. The number of aromatic amines is 1. The standard InChI is InChI=1S/C11H10N4OS/c1-7-3-2-4-8(5-7)9(16)14-10-12-6-13-11(17)15-10/h2-6H,1H3,(H2,12,13,14,15,16,17). The highest BCUT2D eigenvalue weighted by atomic mass is 32.1. The summed E-state index contributed by atoms with van der Waals surface area (Å²) >= 11 is 4.83. The number of nitrogens with one attached hydrogen (secondary N) is 2. The summed E-state index contributed by atoms with van der Waals surface area (Å²) in [6.45, 7) is 1.93. The molecule has 5 nitrogen and oxygen atoms in total. The molecule has 0 saturated carbocycles. The highest BCUT2D eigenvalue weighted by molar-refractivity contribution is 7.71. The third-order valence-electron chi connectivity index (χ3n) is 2.10. The fourth-order valence-electron chi connectivity index (χ4n) is 1.33. The fraction of sp³-hybridized carbons (Fsp3) is 0.0909. The molecule has 0 fully saturated rings. The number of anilines is 1. The minimum atomic E-state index is -0.238. The highest BCUT2D eigenvalue weighted by Gasteiger charge is 2.06. The lowest BCUT2D eigenvalue weighted by molar-refractivity contribution is 0.102. The van der Waals surface area contributed by atoms with E-state index in [1.165, 1.54) is 6.33 Å². The van der Waals surface area contributed by atoms with E-state index in [9.17, 15) is 4.79 Å². The maximum absolute atomic E-state index is 11.9. The quantitative estimate of drug-likeness (QED) is 0.796. The monoisotopic (exact) mass is 246 g/mol. The summed E-state index contributed by atoms with van der Waals surface area (Å²) in [5.41, 5.74) is 1.59. The van der Waals surface area contributed by atoms with Gasteiger partial charge in [-0.05, 0) is 31.3 Å². The molecule has 0 radical (unpaired) electrons. The summed E-state index contributed by atoms with van der Waals surface area (Å²) in [6.07, 6.45) is 1.30. The Morgan fingerprint density at radius 1 is 1.41 bits per heavy atom. The molecule has 0 aliphatic carbocycles. The van der Waals surface area contributed by atoms with Gasteiger partial charge in [0.2, 0.25) is 10.7 Å². The predicted octanol–water partition coefficient (Wildman–Crippen LogP) is 2.09. The normalized spacial score (nSPS) is 9.94. The van der Waals surface area contributed by atoms with Crippen LogP contribution in [0, 0.1) is 11.7 Å². The molecule has 0 unspecified atom stereocenters. The van der Waals surface area contributed by atoms with Crippen molar-refractivity contribution in [2.45, 2.75) is 6.92 Å². The van der Waals surface area contributed by atoms with Gasteiger partial charge in [0.15, 0.2) is 0 Å². The number of hydrogen-bond acceptors (Lipinski definition) is 4. The molecule has 0 atom stereocenters. The first kappa shape index (κ1) is 11.4. The maximum atomic E-state index is 11.9. The van der Waals surface area contributed by atoms with Crippen molar-refractivity contribution in [3.8, 4) is 0 Å². The first-order valence-corrected chi connectivity index (χ1v) is 5.35. The lowest BCUT2D eigenvalue weighted by Gasteiger charge is -2.04. The summed E-state index contributed by atoms with van der Waals surface area (Å²) in [4.78, 5) is 22.1. The van der Waals surface area contributed by atoms with E-state index in [4.69, 9.17) is 12.2 Å². The van der Waals surface area contributed by atoms with E-state index in [0.29, 0.717) is 5.56 Å². The third kappa shape index (κ3) is 2.94. The van der Waals surface area contributed by atoms with Gasteiger partial charge in [-0.2, -0.15) is 0 Å². The van der Waals surface area contributed by atoms with E-state index in [0.717, 1.165) is 5.56 Å². The Balaban J connectivity index is 2.20. The van der Waals surface area contributed by atoms with Crippen LogP contribution < -0.4 is 5.32 Å². The largest absolute Gasteiger partial charge is 0.301 e. The van der Waals surface area contributed by atoms with Crippen LogP contribution in [0.3, 0.4) is 0 Å². The lowest BCUT2D eigenvalue weighted by Crippen LogP contribution is -2.14. The zero-order valence-corrected chi connectivity index (χ0v) is 9.91. The number of carbonyl (C=O) groups is 1. The van der Waals surface area contributed by atoms with E-state index in [-0.39, 0.29) is 16.6 Å². The van der Waals surface area contributed by atoms with E-state index >= 15 is 0 Å². The summed E-state index contributed by atoms with van der Waals surface area (Å²) in [5.74, 6) is 0.0505. The summed E-state index contributed by atoms with van der Waals surface area (Å²) < 4.78 is 0.277. The topological polar surface area (TPSA) is 70.7 Å². The van der Waals surface area contributed by atoms with Crippen LogP contribution in [0.25, 0.3) is 0 Å². The van der Waals surface area contributed by atoms with Gasteiger partial charge in [-0.15, -0.1) is 0 Å². The second-order valence-electron chi connectivity index (χ2n) is 3.48. The van der Waals surface area contributed by atoms with Gasteiger partial charge in [0, 0.05) is 5.56 Å². The van der Waals surface area contributed by atoms with Crippen molar-refractivity contribution in [1.29, 1.82) is 0 Å². The van der Waals surface area contributed by atoms with Gasteiger partial charge in [-0.25, -0.2) is 9.97 Å². The molecule has 17 heavy (non-hydrogen) atoms. The van der Waals surface area contributed by atoms with Crippen LogP contribution in [0.5, 0.6) is 0 Å². The van der Waals surface area contributed by atoms with Crippen molar-refractivity contribution < 1.29 is 4.79 Å². The Hall–Kier alpha value is -2.08. The maximum Gasteiger partial charge on any atom is 0.257 e. The molecule has 1 amide bonds. The van der Waals surface area contributed by atoms with Gasteiger partial charge in [0.05, 0.1) is 0 Å². The molecule has 0 bridgehead atoms. The molecule has 86 valence electrons. The number of benzene rings is 1. The smallest absolute Gasteiger partial charge is 0.257 e. The van der Waals surface area contributed by atoms with Crippen molar-refractivity contribution in [2.24, 2.45) is 0 Å². The molecule has 2 N–H and O–H groups in total. The van der Waals surface area contributed by atoms with Crippen LogP contribution in [0.4, 0.5) is 5.95 Å². The number of carbonyl (C=O) groups excluding carboxylic acids is 1. The number of nitrogens with zero attached hydrogens (tertiary/aromatic N) is 2. The molecule has 0 spiro atoms. The van der Waals surface area contributed by atoms with Crippen LogP contribution in [0.1, 0.15) is 15.9 Å². The highest BCUT2D eigenvalue weighted by Crippen LogP contribution is 2.06. The van der Waals surface area contributed by atoms with Crippen molar-refractivity contribution in [1.82, 2.24) is 15.0 Å². The molecule has 2 rings (SSSR count). The van der Waals surface area contributed by atoms with Gasteiger partial charge in [0.1, 0.15) is 6.33 Å². The van der Waals surface area contributed by atoms with Crippen molar-refractivity contribution in [3.63, 3.8) is 0 Å². The molecule has 0 aliphatic heterocycles. The number of amides is 1. The van der Waals surface area contributed by atoms with Crippen molar-refractivity contribution >= 4 is 24.1 Å². The molecule has 6 heteroatoms. The molecule has 1 aromatic heterocycles. The SMILES string of the molecule is Cc1cccc(C(=O)Nc2ncnc(=S)[nH]2)c1. The van der Waals surface area contributed by atoms with E-state index in [1.54, 1.807) is 12.1 Å². The Kier molecular flexibility index (Phi) is 3.24. The molecule has 2 aromatic rings. The average Bonchev–Trinajstić information content (AvgIpc) is 2.29. The van der Waals surface area contributed by atoms with Crippen LogP contribution in [-0.2, 0) is 0 Å². The second-order valence-corrected chi connectivity index (χ2v) is 3.86. The van der Waals surface area contributed by atoms with Crippen LogP contribution >= 0.6 is 12.2 Å². The first-order chi connectivity index (χ1) is 8.15. The van der Waals surface area contributed by atoms with Gasteiger partial charge in [-0.3, -0.25) is 10.1 Å². The summed E-state index contributed by atoms with van der Waals surface area (Å²) in [5, 5.41) is 2.61. The number of aromatic nitrogens is 3. The number of H-pyrrole nitrogens is 1. The van der Waals surface area contributed by atoms with Gasteiger partial charge in [-0.1, -0.05) is 17.7 Å². The molecule has 0 saturated heterocycles. The minimum Gasteiger partial charge on any atom is -0.301 e. The molecule has 0 aliphatic rings. The van der Waals surface area contributed by atoms with Crippen LogP contribution in [-0.4, -0.2) is 20.9 Å². The Bertz CT molecular complexity index is 608. The van der Waals surface area contributed by atoms with Gasteiger partial charge in [0.25, 0.3) is 5.91 Å².